The van der Waals surface area contributed by atoms with Crippen molar-refractivity contribution in [3.8, 4) is 17.2 Å². The molecule has 0 saturated carbocycles. The Morgan fingerprint density at radius 1 is 1.05 bits per heavy atom. The summed E-state index contributed by atoms with van der Waals surface area (Å²) in [6, 6.07) is 12.1. The van der Waals surface area contributed by atoms with Gasteiger partial charge in [-0.25, -0.2) is 0 Å². The van der Waals surface area contributed by atoms with Gasteiger partial charge in [-0.2, -0.15) is 0 Å². The largest absolute Gasteiger partial charge is 0.497 e. The molecule has 0 amide bonds. The zero-order valence-electron chi connectivity index (χ0n) is 12.7. The molecule has 22 heavy (non-hydrogen) atoms. The number of ketones is 1. The van der Waals surface area contributed by atoms with Crippen LogP contribution in [0.1, 0.15) is 15.9 Å². The Labute approximate surface area is 129 Å². The van der Waals surface area contributed by atoms with Crippen molar-refractivity contribution in [2.75, 3.05) is 20.8 Å². The van der Waals surface area contributed by atoms with Crippen LogP contribution >= 0.6 is 0 Å². The molecular weight excluding hydrogens is 280 g/mol. The minimum absolute atomic E-state index is 0.121. The van der Waals surface area contributed by atoms with Gasteiger partial charge in [-0.15, -0.1) is 0 Å². The number of ether oxygens (including phenoxy) is 3. The fraction of sp³-hybridized carbons (Fsp3) is 0.167. The maximum atomic E-state index is 12.6. The first-order valence-corrected chi connectivity index (χ1v) is 6.80. The van der Waals surface area contributed by atoms with Gasteiger partial charge in [-0.3, -0.25) is 4.79 Å². The van der Waals surface area contributed by atoms with Crippen molar-refractivity contribution < 1.29 is 19.0 Å². The summed E-state index contributed by atoms with van der Waals surface area (Å²) < 4.78 is 15.8. The Bertz CT molecular complexity index is 659. The highest BCUT2D eigenvalue weighted by Gasteiger charge is 2.15. The number of carbonyl (C=O) groups excluding carboxylic acids is 1. The van der Waals surface area contributed by atoms with Crippen LogP contribution < -0.4 is 14.2 Å². The van der Waals surface area contributed by atoms with E-state index in [2.05, 4.69) is 6.58 Å². The summed E-state index contributed by atoms with van der Waals surface area (Å²) in [4.78, 5) is 12.6. The van der Waals surface area contributed by atoms with Gasteiger partial charge in [0.25, 0.3) is 0 Å². The number of hydrogen-bond acceptors (Lipinski definition) is 4. The summed E-state index contributed by atoms with van der Waals surface area (Å²) in [6.07, 6.45) is 1.63. The van der Waals surface area contributed by atoms with Crippen LogP contribution in [0.25, 0.3) is 0 Å². The van der Waals surface area contributed by atoms with Crippen molar-refractivity contribution in [3.05, 3.63) is 66.2 Å². The number of methoxy groups -OCH3 is 2. The molecule has 0 saturated heterocycles. The Morgan fingerprint density at radius 2 is 1.68 bits per heavy atom. The first-order chi connectivity index (χ1) is 10.7. The van der Waals surface area contributed by atoms with Gasteiger partial charge in [-0.1, -0.05) is 12.7 Å². The Balaban J connectivity index is 2.36. The van der Waals surface area contributed by atoms with E-state index in [0.29, 0.717) is 35.0 Å². The molecular formula is C18H18O4. The van der Waals surface area contributed by atoms with E-state index >= 15 is 0 Å². The lowest BCUT2D eigenvalue weighted by Crippen LogP contribution is -2.06. The minimum atomic E-state index is -0.121. The van der Waals surface area contributed by atoms with Gasteiger partial charge in [0.05, 0.1) is 19.8 Å². The van der Waals surface area contributed by atoms with Gasteiger partial charge in [0, 0.05) is 11.6 Å². The van der Waals surface area contributed by atoms with Crippen molar-refractivity contribution in [3.63, 3.8) is 0 Å². The molecule has 0 spiro atoms. The smallest absolute Gasteiger partial charge is 0.196 e. The van der Waals surface area contributed by atoms with Crippen molar-refractivity contribution in [1.82, 2.24) is 0 Å². The highest BCUT2D eigenvalue weighted by molar-refractivity contribution is 6.10. The summed E-state index contributed by atoms with van der Waals surface area (Å²) in [6.45, 7) is 3.93. The molecule has 2 aromatic rings. The minimum Gasteiger partial charge on any atom is -0.497 e. The maximum Gasteiger partial charge on any atom is 0.196 e. The topological polar surface area (TPSA) is 44.8 Å². The summed E-state index contributed by atoms with van der Waals surface area (Å²) in [7, 11) is 3.15. The van der Waals surface area contributed by atoms with Gasteiger partial charge in [0.15, 0.2) is 5.78 Å². The zero-order valence-corrected chi connectivity index (χ0v) is 12.7. The molecule has 0 radical (unpaired) electrons. The lowest BCUT2D eigenvalue weighted by molar-refractivity contribution is 0.103. The first kappa shape index (κ1) is 15.6. The van der Waals surface area contributed by atoms with Crippen LogP contribution in [-0.2, 0) is 0 Å². The molecule has 0 heterocycles. The molecule has 0 aliphatic carbocycles. The lowest BCUT2D eigenvalue weighted by Gasteiger charge is -2.11. The average Bonchev–Trinajstić information content (AvgIpc) is 2.59. The molecule has 0 aliphatic heterocycles. The van der Waals surface area contributed by atoms with E-state index in [9.17, 15) is 4.79 Å². The molecule has 0 N–H and O–H groups in total. The average molecular weight is 298 g/mol. The zero-order chi connectivity index (χ0) is 15.9. The van der Waals surface area contributed by atoms with Crippen molar-refractivity contribution >= 4 is 5.78 Å². The van der Waals surface area contributed by atoms with Crippen molar-refractivity contribution in [2.24, 2.45) is 0 Å². The van der Waals surface area contributed by atoms with E-state index in [1.807, 2.05) is 0 Å². The SMILES string of the molecule is C=CCOc1cc(OC)ccc1C(=O)c1ccc(OC)cc1. The van der Waals surface area contributed by atoms with E-state index in [1.54, 1.807) is 62.8 Å². The van der Waals surface area contributed by atoms with Crippen molar-refractivity contribution in [2.45, 2.75) is 0 Å². The highest BCUT2D eigenvalue weighted by atomic mass is 16.5. The number of benzene rings is 2. The Hall–Kier alpha value is -2.75. The third-order valence-electron chi connectivity index (χ3n) is 3.14. The molecule has 2 aromatic carbocycles. The van der Waals surface area contributed by atoms with E-state index in [-0.39, 0.29) is 5.78 Å². The van der Waals surface area contributed by atoms with Gasteiger partial charge in [0.1, 0.15) is 23.9 Å². The van der Waals surface area contributed by atoms with Gasteiger partial charge >= 0.3 is 0 Å². The lowest BCUT2D eigenvalue weighted by atomic mass is 10.0. The predicted molar refractivity (Wildman–Crippen MR) is 85.1 cm³/mol. The van der Waals surface area contributed by atoms with Gasteiger partial charge in [-0.05, 0) is 36.4 Å². The van der Waals surface area contributed by atoms with Crippen LogP contribution in [0.5, 0.6) is 17.2 Å². The highest BCUT2D eigenvalue weighted by Crippen LogP contribution is 2.27. The van der Waals surface area contributed by atoms with Crippen LogP contribution in [-0.4, -0.2) is 26.6 Å². The van der Waals surface area contributed by atoms with E-state index < -0.39 is 0 Å². The van der Waals surface area contributed by atoms with Crippen LogP contribution in [0.3, 0.4) is 0 Å². The van der Waals surface area contributed by atoms with Crippen LogP contribution in [0, 0.1) is 0 Å². The third-order valence-corrected chi connectivity index (χ3v) is 3.14. The summed E-state index contributed by atoms with van der Waals surface area (Å²) >= 11 is 0. The van der Waals surface area contributed by atoms with Crippen molar-refractivity contribution in [1.29, 1.82) is 0 Å². The second kappa shape index (κ2) is 7.31. The van der Waals surface area contributed by atoms with E-state index in [0.717, 1.165) is 0 Å². The summed E-state index contributed by atoms with van der Waals surface area (Å²) in [5.41, 5.74) is 1.04. The van der Waals surface area contributed by atoms with Gasteiger partial charge < -0.3 is 14.2 Å². The molecule has 0 fully saturated rings. The van der Waals surface area contributed by atoms with Crippen LogP contribution in [0.15, 0.2) is 55.1 Å². The Kier molecular flexibility index (Phi) is 5.20. The monoisotopic (exact) mass is 298 g/mol. The first-order valence-electron chi connectivity index (χ1n) is 6.80. The fourth-order valence-electron chi connectivity index (χ4n) is 1.98. The molecule has 0 unspecified atom stereocenters. The van der Waals surface area contributed by atoms with Crippen LogP contribution in [0.2, 0.25) is 0 Å². The standard InChI is InChI=1S/C18H18O4/c1-4-11-22-17-12-15(21-3)9-10-16(17)18(19)13-5-7-14(20-2)8-6-13/h4-10,12H,1,11H2,2-3H3. The maximum absolute atomic E-state index is 12.6. The quantitative estimate of drug-likeness (QED) is 0.580. The molecule has 0 bridgehead atoms. The number of hydrogen-bond donors (Lipinski definition) is 0. The Morgan fingerprint density at radius 3 is 2.27 bits per heavy atom. The predicted octanol–water partition coefficient (Wildman–Crippen LogP) is 3.50. The molecule has 4 heteroatoms. The molecule has 114 valence electrons. The van der Waals surface area contributed by atoms with Gasteiger partial charge in [0.2, 0.25) is 0 Å². The van der Waals surface area contributed by atoms with E-state index in [1.165, 1.54) is 0 Å². The summed E-state index contributed by atoms with van der Waals surface area (Å²) in [5, 5.41) is 0. The molecule has 2 rings (SSSR count). The fourth-order valence-corrected chi connectivity index (χ4v) is 1.98. The molecule has 0 atom stereocenters. The summed E-state index contributed by atoms with van der Waals surface area (Å²) in [5.74, 6) is 1.68. The number of carbonyl (C=O) groups is 1. The molecule has 0 aliphatic rings. The molecule has 4 nitrogen and oxygen atoms in total. The normalized spacial score (nSPS) is 9.91. The van der Waals surface area contributed by atoms with E-state index in [4.69, 9.17) is 14.2 Å². The second-order valence-electron chi connectivity index (χ2n) is 4.52. The molecule has 0 aromatic heterocycles. The van der Waals surface area contributed by atoms with Crippen LogP contribution in [0.4, 0.5) is 0 Å². The second-order valence-corrected chi connectivity index (χ2v) is 4.52. The third kappa shape index (κ3) is 3.47. The number of rotatable bonds is 7.